The molecule has 0 spiro atoms. The Kier molecular flexibility index (Phi) is 7.61. The number of amides is 2. The minimum Gasteiger partial charge on any atom is -0.493 e. The minimum atomic E-state index is -4.81. The zero-order valence-electron chi connectivity index (χ0n) is 21.3. The third-order valence-electron chi connectivity index (χ3n) is 6.34. The summed E-state index contributed by atoms with van der Waals surface area (Å²) in [5.41, 5.74) is 2.05. The SMILES string of the molecule is CCOC(=O)N1c2cc(OC)c(OC)cc2C(CNC(=O)c2cc3cc(OC(F)(F)F)ccc3[nH]2)CC1C. The maximum absolute atomic E-state index is 13.0. The van der Waals surface area contributed by atoms with Crippen LogP contribution < -0.4 is 24.4 Å². The van der Waals surface area contributed by atoms with E-state index in [0.717, 1.165) is 5.56 Å². The van der Waals surface area contributed by atoms with E-state index in [2.05, 4.69) is 15.0 Å². The zero-order chi connectivity index (χ0) is 27.6. The van der Waals surface area contributed by atoms with Crippen LogP contribution in [0.3, 0.4) is 0 Å². The summed E-state index contributed by atoms with van der Waals surface area (Å²) in [6.07, 6.45) is -4.76. The van der Waals surface area contributed by atoms with Gasteiger partial charge in [-0.15, -0.1) is 13.2 Å². The highest BCUT2D eigenvalue weighted by molar-refractivity contribution is 5.98. The third kappa shape index (κ3) is 5.58. The van der Waals surface area contributed by atoms with Gasteiger partial charge in [-0.25, -0.2) is 4.79 Å². The summed E-state index contributed by atoms with van der Waals surface area (Å²) in [7, 11) is 3.01. The lowest BCUT2D eigenvalue weighted by Crippen LogP contribution is -2.45. The van der Waals surface area contributed by atoms with Gasteiger partial charge in [0.2, 0.25) is 0 Å². The summed E-state index contributed by atoms with van der Waals surface area (Å²) in [6, 6.07) is 8.52. The molecule has 0 fully saturated rings. The average molecular weight is 536 g/mol. The summed E-state index contributed by atoms with van der Waals surface area (Å²) in [4.78, 5) is 30.2. The van der Waals surface area contributed by atoms with E-state index >= 15 is 0 Å². The molecular weight excluding hydrogens is 507 g/mol. The average Bonchev–Trinajstić information content (AvgIpc) is 3.29. The Morgan fingerprint density at radius 2 is 1.82 bits per heavy atom. The fourth-order valence-electron chi connectivity index (χ4n) is 4.71. The lowest BCUT2D eigenvalue weighted by Gasteiger charge is -2.39. The van der Waals surface area contributed by atoms with Crippen molar-refractivity contribution in [3.8, 4) is 17.2 Å². The number of ether oxygens (including phenoxy) is 4. The Balaban J connectivity index is 1.57. The van der Waals surface area contributed by atoms with Crippen molar-refractivity contribution in [3.05, 3.63) is 47.7 Å². The van der Waals surface area contributed by atoms with Crippen LogP contribution in [0.4, 0.5) is 23.7 Å². The molecule has 9 nitrogen and oxygen atoms in total. The van der Waals surface area contributed by atoms with Gasteiger partial charge < -0.3 is 29.2 Å². The van der Waals surface area contributed by atoms with Crippen LogP contribution in [0.2, 0.25) is 0 Å². The molecule has 0 radical (unpaired) electrons. The van der Waals surface area contributed by atoms with E-state index in [-0.39, 0.29) is 36.6 Å². The lowest BCUT2D eigenvalue weighted by molar-refractivity contribution is -0.274. The summed E-state index contributed by atoms with van der Waals surface area (Å²) >= 11 is 0. The number of H-pyrrole nitrogens is 1. The monoisotopic (exact) mass is 535 g/mol. The number of rotatable bonds is 7. The number of fused-ring (bicyclic) bond motifs is 2. The standard InChI is InChI=1S/C26H28F3N3O6/c1-5-37-25(34)32-14(2)8-16(18-11-22(35-3)23(36-4)12-21(18)32)13-30-24(33)20-10-15-9-17(38-26(27,28)29)6-7-19(15)31-20/h6-7,9-12,14,16,31H,5,8,13H2,1-4H3,(H,30,33). The summed E-state index contributed by atoms with van der Waals surface area (Å²) in [5, 5.41) is 3.29. The predicted octanol–water partition coefficient (Wildman–Crippen LogP) is 5.35. The molecular formula is C26H28F3N3O6. The van der Waals surface area contributed by atoms with E-state index in [9.17, 15) is 22.8 Å². The Bertz CT molecular complexity index is 1340. The number of halogens is 3. The van der Waals surface area contributed by atoms with Crippen molar-refractivity contribution in [3.63, 3.8) is 0 Å². The Morgan fingerprint density at radius 3 is 2.47 bits per heavy atom. The van der Waals surface area contributed by atoms with E-state index in [0.29, 0.717) is 34.5 Å². The first-order valence-corrected chi connectivity index (χ1v) is 11.9. The Labute approximate surface area is 216 Å². The fourth-order valence-corrected chi connectivity index (χ4v) is 4.71. The van der Waals surface area contributed by atoms with Gasteiger partial charge >= 0.3 is 12.5 Å². The molecule has 3 aromatic rings. The van der Waals surface area contributed by atoms with Crippen LogP contribution in [-0.2, 0) is 4.74 Å². The molecule has 2 N–H and O–H groups in total. The van der Waals surface area contributed by atoms with Crippen molar-refractivity contribution in [1.29, 1.82) is 0 Å². The number of carbonyl (C=O) groups excluding carboxylic acids is 2. The van der Waals surface area contributed by atoms with Crippen LogP contribution in [0, 0.1) is 0 Å². The van der Waals surface area contributed by atoms with Crippen LogP contribution in [0.25, 0.3) is 10.9 Å². The van der Waals surface area contributed by atoms with Gasteiger partial charge in [-0.1, -0.05) is 0 Å². The van der Waals surface area contributed by atoms with E-state index in [1.165, 1.54) is 38.5 Å². The van der Waals surface area contributed by atoms with E-state index in [1.807, 2.05) is 6.92 Å². The first-order valence-electron chi connectivity index (χ1n) is 11.9. The van der Waals surface area contributed by atoms with Crippen LogP contribution in [-0.4, -0.2) is 56.8 Å². The smallest absolute Gasteiger partial charge is 0.493 e. The topological polar surface area (TPSA) is 102 Å². The van der Waals surface area contributed by atoms with Crippen LogP contribution in [0.15, 0.2) is 36.4 Å². The summed E-state index contributed by atoms with van der Waals surface area (Å²) < 4.78 is 57.7. The molecule has 1 aliphatic rings. The highest BCUT2D eigenvalue weighted by atomic mass is 19.4. The largest absolute Gasteiger partial charge is 0.573 e. The fraction of sp³-hybridized carbons (Fsp3) is 0.385. The molecule has 1 aliphatic heterocycles. The zero-order valence-corrected chi connectivity index (χ0v) is 21.3. The minimum absolute atomic E-state index is 0.175. The lowest BCUT2D eigenvalue weighted by atomic mass is 9.85. The second kappa shape index (κ2) is 10.7. The number of nitrogens with one attached hydrogen (secondary N) is 2. The van der Waals surface area contributed by atoms with Crippen molar-refractivity contribution in [2.45, 2.75) is 38.6 Å². The first kappa shape index (κ1) is 27.0. The molecule has 1 aromatic heterocycles. The molecule has 2 amide bonds. The highest BCUT2D eigenvalue weighted by Crippen LogP contribution is 2.44. The van der Waals surface area contributed by atoms with Gasteiger partial charge in [0, 0.05) is 35.5 Å². The second-order valence-electron chi connectivity index (χ2n) is 8.81. The molecule has 0 bridgehead atoms. The Morgan fingerprint density at radius 1 is 1.11 bits per heavy atom. The number of carbonyl (C=O) groups is 2. The second-order valence-corrected chi connectivity index (χ2v) is 8.81. The van der Waals surface area contributed by atoms with Gasteiger partial charge in [0.25, 0.3) is 5.91 Å². The number of anilines is 1. The van der Waals surface area contributed by atoms with Crippen molar-refractivity contribution in [1.82, 2.24) is 10.3 Å². The molecule has 204 valence electrons. The molecule has 2 heterocycles. The molecule has 2 atom stereocenters. The van der Waals surface area contributed by atoms with Crippen LogP contribution in [0.5, 0.6) is 17.2 Å². The normalized spacial score (nSPS) is 17.1. The number of hydrogen-bond acceptors (Lipinski definition) is 6. The van der Waals surface area contributed by atoms with E-state index < -0.39 is 18.4 Å². The van der Waals surface area contributed by atoms with E-state index in [1.54, 1.807) is 24.0 Å². The van der Waals surface area contributed by atoms with Crippen LogP contribution in [0.1, 0.15) is 42.2 Å². The highest BCUT2D eigenvalue weighted by Gasteiger charge is 2.36. The first-order chi connectivity index (χ1) is 18.0. The molecule has 0 saturated carbocycles. The van der Waals surface area contributed by atoms with Crippen molar-refractivity contribution < 1.29 is 41.7 Å². The maximum Gasteiger partial charge on any atom is 0.573 e. The van der Waals surface area contributed by atoms with Crippen molar-refractivity contribution >= 4 is 28.6 Å². The quantitative estimate of drug-likeness (QED) is 0.423. The van der Waals surface area contributed by atoms with Gasteiger partial charge in [-0.05, 0) is 56.2 Å². The summed E-state index contributed by atoms with van der Waals surface area (Å²) in [5.74, 6) is -0.0512. The van der Waals surface area contributed by atoms with Gasteiger partial charge in [-0.2, -0.15) is 0 Å². The predicted molar refractivity (Wildman–Crippen MR) is 133 cm³/mol. The number of aromatic amines is 1. The Hall–Kier alpha value is -4.09. The number of aromatic nitrogens is 1. The number of hydrogen-bond donors (Lipinski definition) is 2. The van der Waals surface area contributed by atoms with E-state index in [4.69, 9.17) is 14.2 Å². The molecule has 12 heteroatoms. The molecule has 4 rings (SSSR count). The number of nitrogens with zero attached hydrogens (tertiary/aromatic N) is 1. The molecule has 0 saturated heterocycles. The number of alkyl halides is 3. The summed E-state index contributed by atoms with van der Waals surface area (Å²) in [6.45, 7) is 4.08. The van der Waals surface area contributed by atoms with Gasteiger partial charge in [0.15, 0.2) is 11.5 Å². The number of benzene rings is 2. The third-order valence-corrected chi connectivity index (χ3v) is 6.34. The molecule has 2 aromatic carbocycles. The van der Waals surface area contributed by atoms with Crippen molar-refractivity contribution in [2.75, 3.05) is 32.3 Å². The number of methoxy groups -OCH3 is 2. The molecule has 2 unspecified atom stereocenters. The molecule has 38 heavy (non-hydrogen) atoms. The van der Waals surface area contributed by atoms with Gasteiger partial charge in [0.05, 0.1) is 26.5 Å². The van der Waals surface area contributed by atoms with Gasteiger partial charge in [0.1, 0.15) is 11.4 Å². The maximum atomic E-state index is 13.0. The van der Waals surface area contributed by atoms with Crippen molar-refractivity contribution in [2.24, 2.45) is 0 Å². The molecule has 0 aliphatic carbocycles. The van der Waals surface area contributed by atoms with Crippen LogP contribution >= 0.6 is 0 Å². The van der Waals surface area contributed by atoms with Gasteiger partial charge in [-0.3, -0.25) is 9.69 Å².